The van der Waals surface area contributed by atoms with E-state index < -0.39 is 0 Å². The molecule has 0 saturated heterocycles. The summed E-state index contributed by atoms with van der Waals surface area (Å²) in [5.41, 5.74) is 9.57. The van der Waals surface area contributed by atoms with Crippen molar-refractivity contribution in [3.8, 4) is 0 Å². The zero-order chi connectivity index (χ0) is 14.3. The Labute approximate surface area is 123 Å². The molecule has 6 nitrogen and oxygen atoms in total. The van der Waals surface area contributed by atoms with Crippen molar-refractivity contribution in [2.45, 2.75) is 13.8 Å². The largest absolute Gasteiger partial charge is 0.368 e. The maximum absolute atomic E-state index is 5.70. The van der Waals surface area contributed by atoms with Crippen LogP contribution in [0.1, 0.15) is 11.1 Å². The molecule has 0 radical (unpaired) electrons. The summed E-state index contributed by atoms with van der Waals surface area (Å²) in [5.74, 6) is 0.845. The van der Waals surface area contributed by atoms with E-state index in [0.717, 1.165) is 26.7 Å². The van der Waals surface area contributed by atoms with E-state index in [0.29, 0.717) is 11.5 Å². The third kappa shape index (κ3) is 2.20. The van der Waals surface area contributed by atoms with Gasteiger partial charge in [0.2, 0.25) is 5.95 Å². The van der Waals surface area contributed by atoms with Crippen molar-refractivity contribution < 1.29 is 0 Å². The molecule has 3 rings (SSSR count). The van der Waals surface area contributed by atoms with Crippen LogP contribution in [0.15, 0.2) is 22.8 Å². The summed E-state index contributed by atoms with van der Waals surface area (Å²) in [6, 6.07) is 4.09. The third-order valence-electron chi connectivity index (χ3n) is 3.03. The molecule has 2 heterocycles. The quantitative estimate of drug-likeness (QED) is 0.670. The highest BCUT2D eigenvalue weighted by atomic mass is 79.9. The summed E-state index contributed by atoms with van der Waals surface area (Å²) >= 11 is 3.56. The summed E-state index contributed by atoms with van der Waals surface area (Å²) in [6.45, 7) is 4.09. The first kappa shape index (κ1) is 12.9. The highest BCUT2D eigenvalue weighted by Gasteiger charge is 2.09. The van der Waals surface area contributed by atoms with E-state index in [4.69, 9.17) is 5.73 Å². The van der Waals surface area contributed by atoms with Gasteiger partial charge in [0.1, 0.15) is 5.82 Å². The maximum atomic E-state index is 5.70. The van der Waals surface area contributed by atoms with Crippen LogP contribution in [-0.2, 0) is 0 Å². The van der Waals surface area contributed by atoms with Crippen LogP contribution in [-0.4, -0.2) is 20.2 Å². The fourth-order valence-electron chi connectivity index (χ4n) is 2.10. The van der Waals surface area contributed by atoms with Crippen LogP contribution < -0.4 is 11.1 Å². The Morgan fingerprint density at radius 3 is 2.60 bits per heavy atom. The van der Waals surface area contributed by atoms with Crippen LogP contribution in [0.25, 0.3) is 11.0 Å². The van der Waals surface area contributed by atoms with Crippen LogP contribution in [0.4, 0.5) is 17.5 Å². The van der Waals surface area contributed by atoms with E-state index in [2.05, 4.69) is 41.4 Å². The maximum Gasteiger partial charge on any atom is 0.224 e. The van der Waals surface area contributed by atoms with E-state index in [1.807, 2.05) is 26.0 Å². The molecule has 0 saturated carbocycles. The number of H-pyrrole nitrogens is 1. The molecule has 0 aliphatic rings. The Kier molecular flexibility index (Phi) is 3.06. The normalized spacial score (nSPS) is 10.9. The molecule has 0 fully saturated rings. The van der Waals surface area contributed by atoms with Gasteiger partial charge in [-0.1, -0.05) is 15.9 Å². The summed E-state index contributed by atoms with van der Waals surface area (Å²) in [6.07, 6.45) is 1.68. The molecule has 0 unspecified atom stereocenters. The number of aromatic nitrogens is 4. The van der Waals surface area contributed by atoms with Crippen molar-refractivity contribution in [2.75, 3.05) is 11.1 Å². The fraction of sp³-hybridized carbons (Fsp3) is 0.154. The van der Waals surface area contributed by atoms with E-state index in [1.54, 1.807) is 6.20 Å². The number of hydrogen-bond acceptors (Lipinski definition) is 5. The van der Waals surface area contributed by atoms with Crippen molar-refractivity contribution in [1.29, 1.82) is 0 Å². The van der Waals surface area contributed by atoms with Crippen LogP contribution in [0.3, 0.4) is 0 Å². The SMILES string of the molecule is Cc1cc(Nc2nc(N)nc3[nH]ncc23)cc(C)c1Br. The molecule has 0 amide bonds. The van der Waals surface area contributed by atoms with Gasteiger partial charge in [0, 0.05) is 10.2 Å². The lowest BCUT2D eigenvalue weighted by atomic mass is 10.1. The van der Waals surface area contributed by atoms with Gasteiger partial charge in [-0.2, -0.15) is 15.1 Å². The monoisotopic (exact) mass is 332 g/mol. The average Bonchev–Trinajstić information content (AvgIpc) is 2.84. The number of benzene rings is 1. The molecule has 0 bridgehead atoms. The second-order valence-corrected chi connectivity index (χ2v) is 5.40. The fourth-order valence-corrected chi connectivity index (χ4v) is 2.33. The Bertz CT molecular complexity index is 772. The molecule has 20 heavy (non-hydrogen) atoms. The van der Waals surface area contributed by atoms with Crippen molar-refractivity contribution in [1.82, 2.24) is 20.2 Å². The number of nitrogen functional groups attached to an aromatic ring is 1. The molecule has 0 atom stereocenters. The highest BCUT2D eigenvalue weighted by molar-refractivity contribution is 9.10. The summed E-state index contributed by atoms with van der Waals surface area (Å²) in [7, 11) is 0. The number of nitrogens with one attached hydrogen (secondary N) is 2. The van der Waals surface area contributed by atoms with Gasteiger partial charge < -0.3 is 11.1 Å². The molecule has 3 aromatic rings. The molecular weight excluding hydrogens is 320 g/mol. The Morgan fingerprint density at radius 1 is 1.20 bits per heavy atom. The third-order valence-corrected chi connectivity index (χ3v) is 4.28. The lowest BCUT2D eigenvalue weighted by molar-refractivity contribution is 1.09. The second kappa shape index (κ2) is 4.75. The molecule has 0 aliphatic heterocycles. The topological polar surface area (TPSA) is 92.5 Å². The van der Waals surface area contributed by atoms with Crippen LogP contribution in [0.5, 0.6) is 0 Å². The van der Waals surface area contributed by atoms with E-state index in [9.17, 15) is 0 Å². The zero-order valence-electron chi connectivity index (χ0n) is 11.0. The van der Waals surface area contributed by atoms with Crippen LogP contribution in [0, 0.1) is 13.8 Å². The first-order chi connectivity index (χ1) is 9.54. The Morgan fingerprint density at radius 2 is 1.90 bits per heavy atom. The van der Waals surface area contributed by atoms with Crippen molar-refractivity contribution >= 4 is 44.4 Å². The average molecular weight is 333 g/mol. The van der Waals surface area contributed by atoms with Gasteiger partial charge in [-0.3, -0.25) is 5.10 Å². The Hall–Kier alpha value is -2.15. The number of halogens is 1. The predicted octanol–water partition coefficient (Wildman–Crippen LogP) is 3.06. The van der Waals surface area contributed by atoms with Gasteiger partial charge in [0.25, 0.3) is 0 Å². The minimum atomic E-state index is 0.204. The highest BCUT2D eigenvalue weighted by Crippen LogP contribution is 2.28. The second-order valence-electron chi connectivity index (χ2n) is 4.61. The standard InChI is InChI=1S/C13H13BrN6/c1-6-3-8(4-7(2)10(6)14)17-11-9-5-16-20-12(9)19-13(15)18-11/h3-5H,1-2H3,(H4,15,16,17,18,19,20). The number of rotatable bonds is 2. The van der Waals surface area contributed by atoms with Crippen molar-refractivity contribution in [2.24, 2.45) is 0 Å². The molecule has 2 aromatic heterocycles. The minimum Gasteiger partial charge on any atom is -0.368 e. The Balaban J connectivity index is 2.07. The number of aryl methyl sites for hydroxylation is 2. The number of fused-ring (bicyclic) bond motifs is 1. The van der Waals surface area contributed by atoms with Gasteiger partial charge in [-0.05, 0) is 37.1 Å². The van der Waals surface area contributed by atoms with E-state index in [1.165, 1.54) is 0 Å². The molecule has 4 N–H and O–H groups in total. The minimum absolute atomic E-state index is 0.204. The summed E-state index contributed by atoms with van der Waals surface area (Å²) in [5, 5.41) is 10.8. The smallest absolute Gasteiger partial charge is 0.224 e. The zero-order valence-corrected chi connectivity index (χ0v) is 12.6. The lowest BCUT2D eigenvalue weighted by Gasteiger charge is -2.10. The number of hydrogen-bond donors (Lipinski definition) is 3. The lowest BCUT2D eigenvalue weighted by Crippen LogP contribution is -2.01. The van der Waals surface area contributed by atoms with Crippen molar-refractivity contribution in [3.63, 3.8) is 0 Å². The molecule has 7 heteroatoms. The van der Waals surface area contributed by atoms with Gasteiger partial charge in [0.15, 0.2) is 5.65 Å². The number of nitrogens with two attached hydrogens (primary N) is 1. The first-order valence-corrected chi connectivity index (χ1v) is 6.84. The van der Waals surface area contributed by atoms with Crippen LogP contribution in [0.2, 0.25) is 0 Å². The molecule has 102 valence electrons. The predicted molar refractivity (Wildman–Crippen MR) is 83.0 cm³/mol. The molecule has 0 aliphatic carbocycles. The van der Waals surface area contributed by atoms with E-state index >= 15 is 0 Å². The molecular formula is C13H13BrN6. The van der Waals surface area contributed by atoms with Gasteiger partial charge in [0.05, 0.1) is 11.6 Å². The van der Waals surface area contributed by atoms with Gasteiger partial charge >= 0.3 is 0 Å². The van der Waals surface area contributed by atoms with Gasteiger partial charge in [-0.25, -0.2) is 0 Å². The summed E-state index contributed by atoms with van der Waals surface area (Å²) in [4.78, 5) is 8.32. The first-order valence-electron chi connectivity index (χ1n) is 6.05. The summed E-state index contributed by atoms with van der Waals surface area (Å²) < 4.78 is 1.11. The van der Waals surface area contributed by atoms with Crippen LogP contribution >= 0.6 is 15.9 Å². The van der Waals surface area contributed by atoms with Crippen molar-refractivity contribution in [3.05, 3.63) is 33.9 Å². The van der Waals surface area contributed by atoms with Gasteiger partial charge in [-0.15, -0.1) is 0 Å². The number of anilines is 3. The number of nitrogens with zero attached hydrogens (tertiary/aromatic N) is 3. The van der Waals surface area contributed by atoms with E-state index in [-0.39, 0.29) is 5.95 Å². The molecule has 0 spiro atoms. The molecule has 1 aromatic carbocycles. The number of aromatic amines is 1.